The molecule has 0 aliphatic carbocycles. The molecule has 1 aromatic rings. The van der Waals surface area contributed by atoms with Crippen molar-refractivity contribution in [1.29, 1.82) is 0 Å². The minimum atomic E-state index is -0.230. The van der Waals surface area contributed by atoms with E-state index in [1.807, 2.05) is 26.2 Å². The first-order valence-corrected chi connectivity index (χ1v) is 4.26. The average Bonchev–Trinajstić information content (AvgIpc) is 2.53. The lowest BCUT2D eigenvalue weighted by atomic mass is 10.0. The molecular weight excluding hydrogens is 168 g/mol. The highest BCUT2D eigenvalue weighted by atomic mass is 16.5. The van der Waals surface area contributed by atoms with Gasteiger partial charge in [0, 0.05) is 13.2 Å². The number of methoxy groups -OCH3 is 1. The molecule has 0 aliphatic heterocycles. The van der Waals surface area contributed by atoms with Crippen molar-refractivity contribution in [1.82, 2.24) is 9.78 Å². The van der Waals surface area contributed by atoms with E-state index in [1.54, 1.807) is 4.68 Å². The van der Waals surface area contributed by atoms with Crippen LogP contribution in [-0.2, 0) is 16.6 Å². The third-order valence-corrected chi connectivity index (χ3v) is 1.99. The van der Waals surface area contributed by atoms with Crippen LogP contribution in [0.15, 0.2) is 12.3 Å². The largest absolute Gasteiger partial charge is 0.469 e. The van der Waals surface area contributed by atoms with E-state index in [0.29, 0.717) is 6.42 Å². The maximum absolute atomic E-state index is 11.3. The molecule has 1 rings (SSSR count). The Balaban J connectivity index is 2.84. The van der Waals surface area contributed by atoms with E-state index in [1.165, 1.54) is 7.11 Å². The molecule has 1 unspecified atom stereocenters. The van der Waals surface area contributed by atoms with Crippen LogP contribution in [0.25, 0.3) is 0 Å². The van der Waals surface area contributed by atoms with Gasteiger partial charge in [-0.2, -0.15) is 5.10 Å². The normalized spacial score (nSPS) is 12.5. The Morgan fingerprint density at radius 2 is 2.46 bits per heavy atom. The molecule has 72 valence electrons. The molecule has 0 spiro atoms. The van der Waals surface area contributed by atoms with Crippen LogP contribution in [0.5, 0.6) is 0 Å². The van der Waals surface area contributed by atoms with E-state index in [2.05, 4.69) is 9.84 Å². The molecule has 0 radical (unpaired) electrons. The van der Waals surface area contributed by atoms with E-state index in [9.17, 15) is 4.79 Å². The van der Waals surface area contributed by atoms with Crippen LogP contribution >= 0.6 is 0 Å². The summed E-state index contributed by atoms with van der Waals surface area (Å²) >= 11 is 0. The Bertz CT molecular complexity index is 294. The van der Waals surface area contributed by atoms with E-state index >= 15 is 0 Å². The summed E-state index contributed by atoms with van der Waals surface area (Å²) in [4.78, 5) is 11.3. The fourth-order valence-electron chi connectivity index (χ4n) is 1.26. The Morgan fingerprint density at radius 1 is 1.77 bits per heavy atom. The first-order valence-electron chi connectivity index (χ1n) is 4.26. The van der Waals surface area contributed by atoms with Crippen molar-refractivity contribution in [2.24, 2.45) is 7.05 Å². The number of hydrogen-bond donors (Lipinski definition) is 0. The molecule has 0 aliphatic rings. The van der Waals surface area contributed by atoms with Crippen LogP contribution in [0.3, 0.4) is 0 Å². The van der Waals surface area contributed by atoms with Crippen molar-refractivity contribution in [3.05, 3.63) is 18.0 Å². The summed E-state index contributed by atoms with van der Waals surface area (Å²) < 4.78 is 6.36. The summed E-state index contributed by atoms with van der Waals surface area (Å²) in [5, 5.41) is 4.17. The topological polar surface area (TPSA) is 44.1 Å². The van der Waals surface area contributed by atoms with Crippen LogP contribution in [0.2, 0.25) is 0 Å². The second-order valence-corrected chi connectivity index (χ2v) is 2.90. The van der Waals surface area contributed by atoms with Gasteiger partial charge in [0.25, 0.3) is 0 Å². The number of carbonyl (C=O) groups excluding carboxylic acids is 1. The number of aromatic nitrogens is 2. The molecule has 0 bridgehead atoms. The molecule has 0 saturated carbocycles. The Hall–Kier alpha value is -1.32. The third-order valence-electron chi connectivity index (χ3n) is 1.99. The van der Waals surface area contributed by atoms with Gasteiger partial charge < -0.3 is 4.74 Å². The van der Waals surface area contributed by atoms with Crippen molar-refractivity contribution >= 4 is 5.97 Å². The molecular formula is C9H14N2O2. The molecule has 0 amide bonds. The Morgan fingerprint density at radius 3 is 2.85 bits per heavy atom. The number of ether oxygens (including phenoxy) is 1. The summed E-state index contributed by atoms with van der Waals surface area (Å²) in [7, 11) is 3.22. The van der Waals surface area contributed by atoms with Gasteiger partial charge in [-0.3, -0.25) is 9.48 Å². The van der Waals surface area contributed by atoms with Gasteiger partial charge in [-0.25, -0.2) is 0 Å². The summed E-state index contributed by atoms with van der Waals surface area (Å²) in [6.45, 7) is 1.94. The second kappa shape index (κ2) is 4.07. The standard InChI is InChI=1S/C9H14N2O2/c1-4-7(9(12)13-3)8-5-6-11(2)10-8/h5-7H,4H2,1-3H3. The molecule has 0 N–H and O–H groups in total. The van der Waals surface area contributed by atoms with Crippen LogP contribution in [-0.4, -0.2) is 22.9 Å². The molecule has 13 heavy (non-hydrogen) atoms. The lowest BCUT2D eigenvalue weighted by molar-refractivity contribution is -0.142. The molecule has 4 nitrogen and oxygen atoms in total. The molecule has 0 fully saturated rings. The zero-order valence-electron chi connectivity index (χ0n) is 8.15. The van der Waals surface area contributed by atoms with Crippen molar-refractivity contribution in [3.8, 4) is 0 Å². The van der Waals surface area contributed by atoms with Gasteiger partial charge in [0.05, 0.1) is 12.8 Å². The highest BCUT2D eigenvalue weighted by Gasteiger charge is 2.21. The monoisotopic (exact) mass is 182 g/mol. The number of carbonyl (C=O) groups is 1. The third kappa shape index (κ3) is 2.08. The number of hydrogen-bond acceptors (Lipinski definition) is 3. The van der Waals surface area contributed by atoms with Crippen LogP contribution in [0, 0.1) is 0 Å². The number of nitrogens with zero attached hydrogens (tertiary/aromatic N) is 2. The minimum Gasteiger partial charge on any atom is -0.469 e. The van der Waals surface area contributed by atoms with Gasteiger partial charge in [0.15, 0.2) is 0 Å². The van der Waals surface area contributed by atoms with Crippen LogP contribution < -0.4 is 0 Å². The van der Waals surface area contributed by atoms with Crippen molar-refractivity contribution in [2.75, 3.05) is 7.11 Å². The van der Waals surface area contributed by atoms with Gasteiger partial charge in [-0.05, 0) is 12.5 Å². The maximum Gasteiger partial charge on any atom is 0.314 e. The maximum atomic E-state index is 11.3. The highest BCUT2D eigenvalue weighted by molar-refractivity contribution is 5.77. The average molecular weight is 182 g/mol. The lowest BCUT2D eigenvalue weighted by Crippen LogP contribution is -2.14. The van der Waals surface area contributed by atoms with E-state index < -0.39 is 0 Å². The number of esters is 1. The molecule has 0 aromatic carbocycles. The van der Waals surface area contributed by atoms with Gasteiger partial charge >= 0.3 is 5.97 Å². The smallest absolute Gasteiger partial charge is 0.314 e. The number of aryl methyl sites for hydroxylation is 1. The molecule has 4 heteroatoms. The first-order chi connectivity index (χ1) is 6.19. The Labute approximate surface area is 77.5 Å². The van der Waals surface area contributed by atoms with Gasteiger partial charge in [-0.1, -0.05) is 6.92 Å². The predicted molar refractivity (Wildman–Crippen MR) is 48.3 cm³/mol. The van der Waals surface area contributed by atoms with Gasteiger partial charge in [0.1, 0.15) is 5.92 Å². The zero-order valence-corrected chi connectivity index (χ0v) is 8.15. The first kappa shape index (κ1) is 9.77. The van der Waals surface area contributed by atoms with Crippen molar-refractivity contribution in [2.45, 2.75) is 19.3 Å². The number of rotatable bonds is 3. The quantitative estimate of drug-likeness (QED) is 0.657. The zero-order chi connectivity index (χ0) is 9.84. The highest BCUT2D eigenvalue weighted by Crippen LogP contribution is 2.18. The van der Waals surface area contributed by atoms with Gasteiger partial charge in [-0.15, -0.1) is 0 Å². The fraction of sp³-hybridized carbons (Fsp3) is 0.556. The summed E-state index contributed by atoms with van der Waals surface area (Å²) in [6.07, 6.45) is 2.53. The lowest BCUT2D eigenvalue weighted by Gasteiger charge is -2.08. The molecule has 1 atom stereocenters. The second-order valence-electron chi connectivity index (χ2n) is 2.90. The van der Waals surface area contributed by atoms with Crippen molar-refractivity contribution < 1.29 is 9.53 Å². The molecule has 1 heterocycles. The molecule has 1 aromatic heterocycles. The van der Waals surface area contributed by atoms with Gasteiger partial charge in [0.2, 0.25) is 0 Å². The van der Waals surface area contributed by atoms with E-state index in [0.717, 1.165) is 5.69 Å². The molecule has 0 saturated heterocycles. The van der Waals surface area contributed by atoms with E-state index in [-0.39, 0.29) is 11.9 Å². The minimum absolute atomic E-state index is 0.221. The van der Waals surface area contributed by atoms with Crippen molar-refractivity contribution in [3.63, 3.8) is 0 Å². The SMILES string of the molecule is CCC(C(=O)OC)c1ccn(C)n1. The summed E-state index contributed by atoms with van der Waals surface area (Å²) in [5.41, 5.74) is 0.775. The van der Waals surface area contributed by atoms with Crippen LogP contribution in [0.1, 0.15) is 25.0 Å². The van der Waals surface area contributed by atoms with Crippen LogP contribution in [0.4, 0.5) is 0 Å². The summed E-state index contributed by atoms with van der Waals surface area (Å²) in [5.74, 6) is -0.451. The predicted octanol–water partition coefficient (Wildman–Crippen LogP) is 1.09. The summed E-state index contributed by atoms with van der Waals surface area (Å²) in [6, 6.07) is 1.84. The fourth-order valence-corrected chi connectivity index (χ4v) is 1.26. The Kier molecular flexibility index (Phi) is 3.06. The van der Waals surface area contributed by atoms with E-state index in [4.69, 9.17) is 0 Å².